The summed E-state index contributed by atoms with van der Waals surface area (Å²) < 4.78 is 19.1. The largest absolute Gasteiger partial charge is 0.492 e. The number of carbonyl (C=O) groups excluding carboxylic acids is 18. The van der Waals surface area contributed by atoms with Crippen LogP contribution in [0.2, 0.25) is 0 Å². The van der Waals surface area contributed by atoms with Gasteiger partial charge in [-0.2, -0.15) is 0 Å². The Kier molecular flexibility index (Phi) is 41.0. The molecule has 2 fully saturated rings. The number of rotatable bonds is 42. The Morgan fingerprint density at radius 1 is 0.613 bits per heavy atom. The molecular formula is C93H126N20O22S2. The van der Waals surface area contributed by atoms with E-state index in [1.165, 1.54) is 68.1 Å². The number of primary amides is 3. The average molecular weight is 1940 g/mol. The number of benzene rings is 4. The van der Waals surface area contributed by atoms with Gasteiger partial charge in [-0.1, -0.05) is 100 Å². The quantitative estimate of drug-likeness (QED) is 0.0122. The van der Waals surface area contributed by atoms with Gasteiger partial charge in [0.1, 0.15) is 84.4 Å². The molecule has 2 aliphatic heterocycles. The zero-order valence-electron chi connectivity index (χ0n) is 78.8. The first-order valence-corrected chi connectivity index (χ1v) is 46.9. The summed E-state index contributed by atoms with van der Waals surface area (Å²) in [5, 5.41) is 40.3. The number of para-hydroxylation sites is 1. The summed E-state index contributed by atoms with van der Waals surface area (Å²) in [7, 11) is 7.13. The van der Waals surface area contributed by atoms with Crippen molar-refractivity contribution in [3.05, 3.63) is 143 Å². The van der Waals surface area contributed by atoms with Crippen LogP contribution >= 0.6 is 21.6 Å². The molecule has 2 aliphatic rings. The molecule has 0 unspecified atom stereocenters. The number of hydrogen-bond acceptors (Lipinski definition) is 26. The number of amides is 17. The molecule has 0 radical (unpaired) electrons. The van der Waals surface area contributed by atoms with E-state index in [0.717, 1.165) is 51.5 Å². The topological polar surface area (TPSA) is 623 Å². The van der Waals surface area contributed by atoms with E-state index in [0.29, 0.717) is 50.8 Å². The maximum atomic E-state index is 16.5. The summed E-state index contributed by atoms with van der Waals surface area (Å²) in [4.78, 5) is 269. The molecule has 12 atom stereocenters. The number of methoxy groups -OCH3 is 2. The summed E-state index contributed by atoms with van der Waals surface area (Å²) in [6.45, 7) is 11.7. The summed E-state index contributed by atoms with van der Waals surface area (Å²) in [6.07, 6.45) is -1.26. The Bertz CT molecular complexity index is 5330. The first-order valence-electron chi connectivity index (χ1n) is 44.7. The first-order chi connectivity index (χ1) is 64.9. The Morgan fingerprint density at radius 3 is 1.88 bits per heavy atom. The predicted octanol–water partition coefficient (Wildman–Crippen LogP) is -1.15. The second kappa shape index (κ2) is 51.6. The Balaban J connectivity index is 1.23. The van der Waals surface area contributed by atoms with Gasteiger partial charge in [-0.15, -0.1) is 0 Å². The molecule has 42 nitrogen and oxygen atoms in total. The minimum atomic E-state index is -2.07. The van der Waals surface area contributed by atoms with Crippen molar-refractivity contribution in [3.63, 3.8) is 0 Å². The molecule has 6 aromatic rings. The molecule has 137 heavy (non-hydrogen) atoms. The first kappa shape index (κ1) is 109. The fourth-order valence-corrected chi connectivity index (χ4v) is 18.3. The fraction of sp³-hybridized carbons (Fsp3) is 0.495. The van der Waals surface area contributed by atoms with E-state index in [-0.39, 0.29) is 83.6 Å². The van der Waals surface area contributed by atoms with Gasteiger partial charge in [0.2, 0.25) is 100 Å². The average Bonchev–Trinajstić information content (AvgIpc) is 1.79. The summed E-state index contributed by atoms with van der Waals surface area (Å²) in [6, 6.07) is 8.64. The van der Waals surface area contributed by atoms with Crippen molar-refractivity contribution >= 4 is 150 Å². The third kappa shape index (κ3) is 32.7. The van der Waals surface area contributed by atoms with E-state index in [9.17, 15) is 47.9 Å². The fourth-order valence-electron chi connectivity index (χ4n) is 15.5. The molecule has 17 amide bonds. The maximum Gasteiger partial charge on any atom is 0.305 e. The Morgan fingerprint density at radius 2 is 1.23 bits per heavy atom. The van der Waals surface area contributed by atoms with Crippen molar-refractivity contribution in [2.45, 2.75) is 226 Å². The standard InChI is InChI=1S/C93H126N20O22S2/c1-51-19-17-23-62-60(49-100-75(51)62)45-67-82(123)102-63(24-15-16-36-99-53(3)114)80(121)111-78(92(7,8)137-136-91(5,6)77(101-54(4)115)87(128)107-69(47-72(95)117)84(125)110-76(52(2)132-11)86(127)105-67)88(129)106-65(42-55-26-29-61(30-27-55)135-40-37-97-9)81(122)103-66(43-56-25-28-58-21-13-14-22-59(58)41-56)85(126)112-93(33-38-134-39-34-93)90(131)109-64(31-32-74(119)133-12)79(120)104-68(46-71(94)116)83(124)108-70(44-57-20-18-35-98-48-57)89(130)113(10)50-73(96)118/h13-14,17-23,25-30,35,41,48-49,52,63-70,76-78,97,100H,15-16,24,31-34,36-40,42-47,50H2,1-12H3,(H2,94,116)(H2,95,117)(H2,96,118)(H,99,114)(H,101,115)(H,102,123)(H,103,122)(H,104,120)(H,105,127)(H,106,129)(H,107,128)(H,108,124)(H,109,131)(H,110,125)(H,111,121)(H,112,126)/t52-,63+,64+,65+,66+,67+,68+,69+,70+,76+,77-,78-/m1/s1. The number of hydrogen-bond donors (Lipinski definition) is 18. The van der Waals surface area contributed by atoms with Crippen molar-refractivity contribution in [1.82, 2.24) is 89.3 Å². The summed E-state index contributed by atoms with van der Waals surface area (Å²) in [5.74, 6) is -17.1. The van der Waals surface area contributed by atoms with E-state index >= 15 is 38.4 Å². The number of likely N-dealkylation sites (N-methyl/N-ethyl adjacent to an activating group) is 2. The Hall–Kier alpha value is -13.3. The van der Waals surface area contributed by atoms with E-state index in [1.807, 2.05) is 31.2 Å². The SMILES string of the molecule is CNCCOc1ccc(C[C@H](NC(=O)[C@H]2NC(=O)[C@H](CCCCNC(C)=O)NC(=O)[C@H](Cc3c[nH]c4c(C)cccc34)NC(=O)[C@H]([C@@H](C)OC)NC(=O)[C@H](CC(N)=O)NC(=O)[C@@H](NC(C)=O)C(C)(C)SSC2(C)C)C(=O)N[C@@H](Cc2ccc3ccccc3c2)C(=O)NC2(C(=O)N[C@@H](CCC(=O)OC)C(=O)N[C@@H](CC(N)=O)C(=O)N[C@@H](Cc3cccnc3)C(=O)N(C)CC(N)=O)CCOCC2)cc1. The van der Waals surface area contributed by atoms with Crippen LogP contribution in [0.3, 0.4) is 0 Å². The molecule has 0 aliphatic carbocycles. The van der Waals surface area contributed by atoms with Crippen LogP contribution in [0.25, 0.3) is 21.7 Å². The number of fused-ring (bicyclic) bond motifs is 2. The number of ether oxygens (including phenoxy) is 4. The van der Waals surface area contributed by atoms with Crippen LogP contribution in [0.4, 0.5) is 0 Å². The van der Waals surface area contributed by atoms with Crippen LogP contribution in [0.1, 0.15) is 134 Å². The lowest BCUT2D eigenvalue weighted by Gasteiger charge is -2.39. The zero-order chi connectivity index (χ0) is 101. The van der Waals surface area contributed by atoms with E-state index < -0.39 is 227 Å². The van der Waals surface area contributed by atoms with E-state index in [2.05, 4.69) is 84.4 Å². The number of nitrogens with one attached hydrogen (secondary N) is 15. The van der Waals surface area contributed by atoms with Gasteiger partial charge in [-0.25, -0.2) is 0 Å². The van der Waals surface area contributed by atoms with Gasteiger partial charge in [-0.3, -0.25) is 91.3 Å². The van der Waals surface area contributed by atoms with Crippen LogP contribution < -0.4 is 96.4 Å². The van der Waals surface area contributed by atoms with E-state index in [4.69, 9.17) is 36.1 Å². The van der Waals surface area contributed by atoms with Crippen LogP contribution in [0, 0.1) is 6.92 Å². The molecule has 2 aromatic heterocycles. The van der Waals surface area contributed by atoms with Gasteiger partial charge in [0.05, 0.1) is 32.6 Å². The molecule has 0 bridgehead atoms. The van der Waals surface area contributed by atoms with Crippen LogP contribution in [0.5, 0.6) is 5.75 Å². The lowest BCUT2D eigenvalue weighted by atomic mass is 9.87. The normalized spacial score (nSPS) is 19.3. The molecular weight excluding hydrogens is 1810 g/mol. The second-order valence-corrected chi connectivity index (χ2v) is 38.3. The smallest absolute Gasteiger partial charge is 0.305 e. The highest BCUT2D eigenvalue weighted by molar-refractivity contribution is 8.77. The molecule has 8 rings (SSSR count). The van der Waals surface area contributed by atoms with Crippen molar-refractivity contribution < 1.29 is 105 Å². The number of aryl methyl sites for hydroxylation is 1. The van der Waals surface area contributed by atoms with E-state index in [1.54, 1.807) is 86.0 Å². The zero-order valence-corrected chi connectivity index (χ0v) is 80.4. The minimum Gasteiger partial charge on any atom is -0.492 e. The highest BCUT2D eigenvalue weighted by Crippen LogP contribution is 2.47. The lowest BCUT2D eigenvalue weighted by Crippen LogP contribution is -2.67. The molecule has 4 heterocycles. The van der Waals surface area contributed by atoms with Crippen molar-refractivity contribution in [2.75, 3.05) is 67.8 Å². The summed E-state index contributed by atoms with van der Waals surface area (Å²) >= 11 is 0. The second-order valence-electron chi connectivity index (χ2n) is 34.9. The van der Waals surface area contributed by atoms with Crippen molar-refractivity contribution in [3.8, 4) is 5.75 Å². The number of esters is 1. The van der Waals surface area contributed by atoms with Gasteiger partial charge in [-0.05, 0) is 131 Å². The molecule has 44 heteroatoms. The van der Waals surface area contributed by atoms with Crippen LogP contribution in [-0.2, 0) is 126 Å². The number of nitrogens with zero attached hydrogens (tertiary/aromatic N) is 2. The molecule has 0 saturated carbocycles. The van der Waals surface area contributed by atoms with Gasteiger partial charge >= 0.3 is 5.97 Å². The number of nitrogens with two attached hydrogens (primary N) is 3. The monoisotopic (exact) mass is 1940 g/mol. The molecule has 4 aromatic carbocycles. The number of unbranched alkanes of at least 4 members (excludes halogenated alkanes) is 1. The highest BCUT2D eigenvalue weighted by Gasteiger charge is 2.49. The number of aromatic nitrogens is 2. The molecule has 21 N–H and O–H groups in total. The molecule has 2 saturated heterocycles. The summed E-state index contributed by atoms with van der Waals surface area (Å²) in [5.41, 5.74) is 18.0. The van der Waals surface area contributed by atoms with Gasteiger partial charge in [0.25, 0.3) is 0 Å². The maximum absolute atomic E-state index is 16.5. The predicted molar refractivity (Wildman–Crippen MR) is 508 cm³/mol. The van der Waals surface area contributed by atoms with Crippen LogP contribution in [0.15, 0.2) is 116 Å². The van der Waals surface area contributed by atoms with Gasteiger partial charge in [0, 0.05) is 138 Å². The van der Waals surface area contributed by atoms with Gasteiger partial charge < -0.3 is 120 Å². The van der Waals surface area contributed by atoms with Crippen molar-refractivity contribution in [2.24, 2.45) is 17.2 Å². The third-order valence-corrected chi connectivity index (χ3v) is 27.4. The van der Waals surface area contributed by atoms with Gasteiger partial charge in [0.15, 0.2) is 0 Å². The lowest BCUT2D eigenvalue weighted by molar-refractivity contribution is -0.143. The van der Waals surface area contributed by atoms with Crippen molar-refractivity contribution in [1.29, 1.82) is 0 Å². The molecule has 0 spiro atoms. The number of H-pyrrole nitrogens is 1. The Labute approximate surface area is 800 Å². The number of carbonyl (C=O) groups is 18. The number of pyridine rings is 1. The van der Waals surface area contributed by atoms with Crippen LogP contribution in [-0.4, -0.2) is 277 Å². The number of aromatic amines is 1. The minimum absolute atomic E-state index is 0.115. The highest BCUT2D eigenvalue weighted by atomic mass is 33.1. The molecule has 742 valence electrons. The third-order valence-electron chi connectivity index (χ3n) is 23.2.